The lowest BCUT2D eigenvalue weighted by Crippen LogP contribution is -2.44. The molecule has 138 valence electrons. The summed E-state index contributed by atoms with van der Waals surface area (Å²) < 4.78 is 0. The molecular formula is C20H23ClN2O2S. The van der Waals surface area contributed by atoms with Gasteiger partial charge in [-0.2, -0.15) is 11.8 Å². The Morgan fingerprint density at radius 2 is 1.85 bits per heavy atom. The molecule has 0 radical (unpaired) electrons. The Labute approximate surface area is 163 Å². The average Bonchev–Trinajstić information content (AvgIpc) is 2.61. The van der Waals surface area contributed by atoms with Crippen LogP contribution < -0.4 is 10.6 Å². The zero-order chi connectivity index (χ0) is 19.1. The van der Waals surface area contributed by atoms with E-state index in [4.69, 9.17) is 11.6 Å². The van der Waals surface area contributed by atoms with Crippen molar-refractivity contribution in [3.05, 3.63) is 64.2 Å². The molecule has 6 heteroatoms. The number of halogens is 1. The average molecular weight is 391 g/mol. The van der Waals surface area contributed by atoms with Crippen LogP contribution in [0.4, 0.5) is 5.69 Å². The molecule has 0 bridgehead atoms. The molecule has 0 saturated heterocycles. The minimum absolute atomic E-state index is 0.234. The van der Waals surface area contributed by atoms with Crippen LogP contribution in [0, 0.1) is 13.8 Å². The van der Waals surface area contributed by atoms with E-state index in [-0.39, 0.29) is 11.8 Å². The van der Waals surface area contributed by atoms with Crippen molar-refractivity contribution in [1.29, 1.82) is 0 Å². The van der Waals surface area contributed by atoms with Gasteiger partial charge in [0, 0.05) is 5.69 Å². The maximum atomic E-state index is 12.7. The predicted octanol–water partition coefficient (Wildman–Crippen LogP) is 4.45. The Bertz CT molecular complexity index is 795. The van der Waals surface area contributed by atoms with Gasteiger partial charge >= 0.3 is 0 Å². The number of hydrogen-bond donors (Lipinski definition) is 2. The van der Waals surface area contributed by atoms with Crippen LogP contribution in [0.25, 0.3) is 0 Å². The van der Waals surface area contributed by atoms with Gasteiger partial charge in [-0.3, -0.25) is 9.59 Å². The maximum Gasteiger partial charge on any atom is 0.253 e. The van der Waals surface area contributed by atoms with Crippen molar-refractivity contribution < 1.29 is 9.59 Å². The molecule has 0 spiro atoms. The highest BCUT2D eigenvalue weighted by atomic mass is 35.5. The minimum Gasteiger partial charge on any atom is -0.340 e. The standard InChI is InChI=1S/C20H23ClN2O2S/c1-13-8-9-15(12-14(13)2)22-20(25)18(10-11-26-3)23-19(24)16-6-4-5-7-17(16)21/h4-9,12,18H,10-11H2,1-3H3,(H,22,25)(H,23,24). The second kappa shape index (κ2) is 9.64. The van der Waals surface area contributed by atoms with Crippen molar-refractivity contribution in [2.75, 3.05) is 17.3 Å². The minimum atomic E-state index is -0.632. The van der Waals surface area contributed by atoms with Crippen LogP contribution in [0.5, 0.6) is 0 Å². The first kappa shape index (κ1) is 20.3. The second-order valence-corrected chi connectivity index (χ2v) is 7.47. The Morgan fingerprint density at radius 3 is 2.50 bits per heavy atom. The fourth-order valence-corrected chi connectivity index (χ4v) is 3.13. The van der Waals surface area contributed by atoms with E-state index in [9.17, 15) is 9.59 Å². The monoisotopic (exact) mass is 390 g/mol. The molecule has 2 amide bonds. The molecule has 4 nitrogen and oxygen atoms in total. The quantitative estimate of drug-likeness (QED) is 0.734. The molecule has 2 aromatic carbocycles. The summed E-state index contributed by atoms with van der Waals surface area (Å²) in [6.45, 7) is 4.02. The van der Waals surface area contributed by atoms with E-state index < -0.39 is 6.04 Å². The van der Waals surface area contributed by atoms with Crippen LogP contribution in [0.15, 0.2) is 42.5 Å². The summed E-state index contributed by atoms with van der Waals surface area (Å²) in [5.41, 5.74) is 3.35. The largest absolute Gasteiger partial charge is 0.340 e. The van der Waals surface area contributed by atoms with Gasteiger partial charge in [-0.1, -0.05) is 29.8 Å². The molecule has 0 heterocycles. The van der Waals surface area contributed by atoms with E-state index in [0.29, 0.717) is 17.0 Å². The van der Waals surface area contributed by atoms with Crippen molar-refractivity contribution >= 4 is 40.9 Å². The van der Waals surface area contributed by atoms with Gasteiger partial charge in [0.1, 0.15) is 6.04 Å². The Morgan fingerprint density at radius 1 is 1.12 bits per heavy atom. The number of nitrogens with one attached hydrogen (secondary N) is 2. The van der Waals surface area contributed by atoms with Crippen molar-refractivity contribution in [2.45, 2.75) is 26.3 Å². The van der Waals surface area contributed by atoms with E-state index in [2.05, 4.69) is 10.6 Å². The number of thioether (sulfide) groups is 1. The number of benzene rings is 2. The summed E-state index contributed by atoms with van der Waals surface area (Å²) in [6, 6.07) is 11.9. The van der Waals surface area contributed by atoms with Gasteiger partial charge in [0.05, 0.1) is 10.6 Å². The topological polar surface area (TPSA) is 58.2 Å². The van der Waals surface area contributed by atoms with Crippen LogP contribution in [0.3, 0.4) is 0 Å². The molecule has 2 aromatic rings. The van der Waals surface area contributed by atoms with Gasteiger partial charge < -0.3 is 10.6 Å². The summed E-state index contributed by atoms with van der Waals surface area (Å²) in [4.78, 5) is 25.2. The maximum absolute atomic E-state index is 12.7. The van der Waals surface area contributed by atoms with Crippen LogP contribution in [0.1, 0.15) is 27.9 Å². The molecule has 26 heavy (non-hydrogen) atoms. The molecule has 0 aliphatic carbocycles. The highest BCUT2D eigenvalue weighted by molar-refractivity contribution is 7.98. The van der Waals surface area contributed by atoms with Crippen molar-refractivity contribution in [1.82, 2.24) is 5.32 Å². The first-order valence-electron chi connectivity index (χ1n) is 8.35. The van der Waals surface area contributed by atoms with Crippen molar-refractivity contribution in [3.63, 3.8) is 0 Å². The first-order chi connectivity index (χ1) is 12.4. The number of carbonyl (C=O) groups excluding carboxylic acids is 2. The van der Waals surface area contributed by atoms with Crippen molar-refractivity contribution in [2.24, 2.45) is 0 Å². The van der Waals surface area contributed by atoms with Crippen LogP contribution in [-0.2, 0) is 4.79 Å². The number of hydrogen-bond acceptors (Lipinski definition) is 3. The zero-order valence-electron chi connectivity index (χ0n) is 15.1. The third-order valence-electron chi connectivity index (χ3n) is 4.13. The van der Waals surface area contributed by atoms with E-state index >= 15 is 0 Å². The Kier molecular flexibility index (Phi) is 7.54. The Balaban J connectivity index is 2.12. The van der Waals surface area contributed by atoms with E-state index in [1.165, 1.54) is 0 Å². The molecule has 1 unspecified atom stereocenters. The van der Waals surface area contributed by atoms with Crippen LogP contribution >= 0.6 is 23.4 Å². The summed E-state index contributed by atoms with van der Waals surface area (Å²) >= 11 is 7.71. The van der Waals surface area contributed by atoms with E-state index in [1.807, 2.05) is 38.3 Å². The fraction of sp³-hybridized carbons (Fsp3) is 0.300. The first-order valence-corrected chi connectivity index (χ1v) is 10.1. The lowest BCUT2D eigenvalue weighted by atomic mass is 10.1. The third kappa shape index (κ3) is 5.51. The van der Waals surface area contributed by atoms with Gasteiger partial charge in [-0.05, 0) is 67.7 Å². The third-order valence-corrected chi connectivity index (χ3v) is 5.10. The molecule has 0 aromatic heterocycles. The predicted molar refractivity (Wildman–Crippen MR) is 110 cm³/mol. The fourth-order valence-electron chi connectivity index (χ4n) is 2.43. The number of amides is 2. The number of rotatable bonds is 7. The van der Waals surface area contributed by atoms with Crippen LogP contribution in [-0.4, -0.2) is 29.9 Å². The number of anilines is 1. The second-order valence-electron chi connectivity index (χ2n) is 6.08. The summed E-state index contributed by atoms with van der Waals surface area (Å²) in [6.07, 6.45) is 2.50. The van der Waals surface area contributed by atoms with Gasteiger partial charge in [-0.15, -0.1) is 0 Å². The molecule has 2 rings (SSSR count). The van der Waals surface area contributed by atoms with E-state index in [0.717, 1.165) is 22.6 Å². The molecule has 0 saturated carbocycles. The lowest BCUT2D eigenvalue weighted by Gasteiger charge is -2.19. The highest BCUT2D eigenvalue weighted by Crippen LogP contribution is 2.17. The molecular weight excluding hydrogens is 368 g/mol. The van der Waals surface area contributed by atoms with Gasteiger partial charge in [0.25, 0.3) is 5.91 Å². The zero-order valence-corrected chi connectivity index (χ0v) is 16.7. The van der Waals surface area contributed by atoms with Crippen molar-refractivity contribution in [3.8, 4) is 0 Å². The smallest absolute Gasteiger partial charge is 0.253 e. The summed E-state index contributed by atoms with van der Waals surface area (Å²) in [5, 5.41) is 6.06. The Hall–Kier alpha value is -1.98. The molecule has 1 atom stereocenters. The van der Waals surface area contributed by atoms with Gasteiger partial charge in [0.2, 0.25) is 5.91 Å². The summed E-state index contributed by atoms with van der Waals surface area (Å²) in [7, 11) is 0. The highest BCUT2D eigenvalue weighted by Gasteiger charge is 2.22. The number of aryl methyl sites for hydroxylation is 2. The van der Waals surface area contributed by atoms with E-state index in [1.54, 1.807) is 36.0 Å². The van der Waals surface area contributed by atoms with Gasteiger partial charge in [0.15, 0.2) is 0 Å². The number of carbonyl (C=O) groups is 2. The molecule has 0 fully saturated rings. The normalized spacial score (nSPS) is 11.7. The van der Waals surface area contributed by atoms with Gasteiger partial charge in [-0.25, -0.2) is 0 Å². The molecule has 0 aliphatic heterocycles. The lowest BCUT2D eigenvalue weighted by molar-refractivity contribution is -0.118. The molecule has 2 N–H and O–H groups in total. The molecule has 0 aliphatic rings. The SMILES string of the molecule is CSCCC(NC(=O)c1ccccc1Cl)C(=O)Nc1ccc(C)c(C)c1. The summed E-state index contributed by atoms with van der Waals surface area (Å²) in [5.74, 6) is 0.174. The van der Waals surface area contributed by atoms with Crippen LogP contribution in [0.2, 0.25) is 5.02 Å².